The predicted octanol–water partition coefficient (Wildman–Crippen LogP) is 5.44. The van der Waals surface area contributed by atoms with E-state index in [2.05, 4.69) is 4.98 Å². The van der Waals surface area contributed by atoms with E-state index in [-0.39, 0.29) is 13.2 Å². The van der Waals surface area contributed by atoms with Gasteiger partial charge in [0.25, 0.3) is 6.01 Å². The van der Waals surface area contributed by atoms with Gasteiger partial charge in [-0.05, 0) is 17.7 Å². The Balaban J connectivity index is 1.49. The molecule has 2 heterocycles. The van der Waals surface area contributed by atoms with Gasteiger partial charge in [0.1, 0.15) is 12.7 Å². The standard InChI is InChI=1S/C22H19Cl2FN2O3/c23-17-6-7-19(20(24)11-17)22(14-27-9-8-26-15-27)29-13-18(30-22)12-28-21(25)10-16-4-2-1-3-5-16/h1-11,15,18H,12-14H2/b21-10-/t18-,22-/m1/s1. The van der Waals surface area contributed by atoms with E-state index in [9.17, 15) is 4.39 Å². The van der Waals surface area contributed by atoms with Gasteiger partial charge in [0, 0.05) is 29.1 Å². The Morgan fingerprint density at radius 1 is 1.27 bits per heavy atom. The number of ether oxygens (including phenoxy) is 3. The summed E-state index contributed by atoms with van der Waals surface area (Å²) in [7, 11) is 0. The largest absolute Gasteiger partial charge is 0.468 e. The molecule has 1 aliphatic heterocycles. The molecule has 156 valence electrons. The molecule has 30 heavy (non-hydrogen) atoms. The Hall–Kier alpha value is -2.38. The van der Waals surface area contributed by atoms with Crippen molar-refractivity contribution in [2.75, 3.05) is 13.2 Å². The van der Waals surface area contributed by atoms with E-state index in [0.717, 1.165) is 0 Å². The third kappa shape index (κ3) is 4.84. The molecule has 2 aromatic carbocycles. The number of rotatable bonds is 7. The van der Waals surface area contributed by atoms with Crippen LogP contribution in [0.25, 0.3) is 6.08 Å². The van der Waals surface area contributed by atoms with E-state index in [1.54, 1.807) is 49.1 Å². The Labute approximate surface area is 183 Å². The van der Waals surface area contributed by atoms with Crippen molar-refractivity contribution in [1.82, 2.24) is 9.55 Å². The molecule has 8 heteroatoms. The van der Waals surface area contributed by atoms with Gasteiger partial charge < -0.3 is 18.8 Å². The number of hydrogen-bond acceptors (Lipinski definition) is 4. The monoisotopic (exact) mass is 448 g/mol. The third-order valence-electron chi connectivity index (χ3n) is 4.64. The fourth-order valence-corrected chi connectivity index (χ4v) is 3.82. The maximum atomic E-state index is 14.2. The quantitative estimate of drug-likeness (QED) is 0.451. The van der Waals surface area contributed by atoms with Crippen LogP contribution < -0.4 is 0 Å². The Kier molecular flexibility index (Phi) is 6.39. The second-order valence-corrected chi connectivity index (χ2v) is 7.68. The zero-order valence-corrected chi connectivity index (χ0v) is 17.4. The van der Waals surface area contributed by atoms with Gasteiger partial charge in [0.2, 0.25) is 5.79 Å². The molecule has 1 fully saturated rings. The number of hydrogen-bond donors (Lipinski definition) is 0. The Morgan fingerprint density at radius 3 is 2.83 bits per heavy atom. The molecule has 0 aliphatic carbocycles. The van der Waals surface area contributed by atoms with Crippen LogP contribution in [0.1, 0.15) is 11.1 Å². The van der Waals surface area contributed by atoms with Gasteiger partial charge in [-0.2, -0.15) is 4.39 Å². The number of aromatic nitrogens is 2. The van der Waals surface area contributed by atoms with E-state index in [0.29, 0.717) is 27.7 Å². The number of nitrogens with zero attached hydrogens (tertiary/aromatic N) is 2. The van der Waals surface area contributed by atoms with Crippen LogP contribution in [0.2, 0.25) is 10.0 Å². The molecule has 0 amide bonds. The van der Waals surface area contributed by atoms with Crippen LogP contribution in [0, 0.1) is 0 Å². The minimum Gasteiger partial charge on any atom is -0.468 e. The molecule has 0 unspecified atom stereocenters. The molecular weight excluding hydrogens is 430 g/mol. The van der Waals surface area contributed by atoms with E-state index >= 15 is 0 Å². The minimum absolute atomic E-state index is 0.00788. The summed E-state index contributed by atoms with van der Waals surface area (Å²) in [6.45, 7) is 0.519. The molecule has 2 atom stereocenters. The second kappa shape index (κ2) is 9.18. The zero-order chi connectivity index (χ0) is 21.0. The first-order valence-electron chi connectivity index (χ1n) is 9.32. The lowest BCUT2D eigenvalue weighted by atomic mass is 10.1. The normalized spacial score (nSPS) is 21.7. The van der Waals surface area contributed by atoms with Gasteiger partial charge in [0.05, 0.1) is 24.5 Å². The van der Waals surface area contributed by atoms with Gasteiger partial charge in [0.15, 0.2) is 0 Å². The summed E-state index contributed by atoms with van der Waals surface area (Å²) in [6, 6.07) is 13.5. The van der Waals surface area contributed by atoms with Crippen LogP contribution in [-0.4, -0.2) is 28.9 Å². The van der Waals surface area contributed by atoms with Crippen molar-refractivity contribution in [1.29, 1.82) is 0 Å². The summed E-state index contributed by atoms with van der Waals surface area (Å²) in [5, 5.41) is 0.923. The lowest BCUT2D eigenvalue weighted by Crippen LogP contribution is -2.34. The highest BCUT2D eigenvalue weighted by atomic mass is 35.5. The summed E-state index contributed by atoms with van der Waals surface area (Å²) in [6.07, 6.45) is 5.95. The zero-order valence-electron chi connectivity index (χ0n) is 15.9. The number of benzene rings is 2. The van der Waals surface area contributed by atoms with Gasteiger partial charge in [-0.1, -0.05) is 59.6 Å². The maximum Gasteiger partial charge on any atom is 0.273 e. The van der Waals surface area contributed by atoms with Gasteiger partial charge >= 0.3 is 0 Å². The van der Waals surface area contributed by atoms with Crippen molar-refractivity contribution in [3.63, 3.8) is 0 Å². The molecule has 0 spiro atoms. The summed E-state index contributed by atoms with van der Waals surface area (Å²) >= 11 is 12.5. The van der Waals surface area contributed by atoms with Gasteiger partial charge in [-0.15, -0.1) is 0 Å². The molecule has 1 aromatic heterocycles. The SMILES string of the molecule is F/C(=C/c1ccccc1)OC[C@@H]1CO[C@@](Cn2ccnc2)(c2ccc(Cl)cc2Cl)O1. The Bertz CT molecular complexity index is 1010. The molecule has 0 radical (unpaired) electrons. The van der Waals surface area contributed by atoms with Crippen molar-refractivity contribution in [2.24, 2.45) is 0 Å². The fraction of sp³-hybridized carbons (Fsp3) is 0.227. The molecule has 0 N–H and O–H groups in total. The highest BCUT2D eigenvalue weighted by Gasteiger charge is 2.45. The number of imidazole rings is 1. The van der Waals surface area contributed by atoms with E-state index in [1.165, 1.54) is 6.08 Å². The van der Waals surface area contributed by atoms with Crippen molar-refractivity contribution in [2.45, 2.75) is 18.4 Å². The molecule has 1 aliphatic rings. The van der Waals surface area contributed by atoms with E-state index < -0.39 is 17.9 Å². The predicted molar refractivity (Wildman–Crippen MR) is 113 cm³/mol. The molecule has 0 saturated carbocycles. The molecule has 4 rings (SSSR count). The first-order chi connectivity index (χ1) is 14.5. The van der Waals surface area contributed by atoms with Crippen LogP contribution in [0.4, 0.5) is 4.39 Å². The molecule has 0 bridgehead atoms. The van der Waals surface area contributed by atoms with Crippen LogP contribution in [0.5, 0.6) is 0 Å². The lowest BCUT2D eigenvalue weighted by Gasteiger charge is -2.29. The fourth-order valence-electron chi connectivity index (χ4n) is 3.27. The lowest BCUT2D eigenvalue weighted by molar-refractivity contribution is -0.190. The van der Waals surface area contributed by atoms with Crippen molar-refractivity contribution < 1.29 is 18.6 Å². The van der Waals surface area contributed by atoms with Gasteiger partial charge in [-0.3, -0.25) is 0 Å². The van der Waals surface area contributed by atoms with Crippen LogP contribution >= 0.6 is 23.2 Å². The third-order valence-corrected chi connectivity index (χ3v) is 5.19. The minimum atomic E-state index is -1.17. The van der Waals surface area contributed by atoms with Crippen LogP contribution in [-0.2, 0) is 26.5 Å². The summed E-state index contributed by atoms with van der Waals surface area (Å²) in [4.78, 5) is 4.06. The van der Waals surface area contributed by atoms with E-state index in [1.807, 2.05) is 22.8 Å². The average molecular weight is 449 g/mol. The van der Waals surface area contributed by atoms with Crippen molar-refractivity contribution in [3.8, 4) is 0 Å². The molecule has 1 saturated heterocycles. The summed E-state index contributed by atoms with van der Waals surface area (Å²) in [5.41, 5.74) is 1.34. The summed E-state index contributed by atoms with van der Waals surface area (Å²) < 4.78 is 33.5. The van der Waals surface area contributed by atoms with Crippen molar-refractivity contribution in [3.05, 3.63) is 94.4 Å². The summed E-state index contributed by atoms with van der Waals surface area (Å²) in [5.74, 6) is -1.17. The van der Waals surface area contributed by atoms with Crippen LogP contribution in [0.15, 0.2) is 73.3 Å². The topological polar surface area (TPSA) is 45.5 Å². The van der Waals surface area contributed by atoms with E-state index in [4.69, 9.17) is 37.4 Å². The first-order valence-corrected chi connectivity index (χ1v) is 10.1. The molecule has 5 nitrogen and oxygen atoms in total. The number of halogens is 3. The average Bonchev–Trinajstić information content (AvgIpc) is 3.38. The van der Waals surface area contributed by atoms with Gasteiger partial charge in [-0.25, -0.2) is 4.98 Å². The Morgan fingerprint density at radius 2 is 2.10 bits per heavy atom. The van der Waals surface area contributed by atoms with Crippen LogP contribution in [0.3, 0.4) is 0 Å². The first kappa shape index (κ1) is 20.9. The smallest absolute Gasteiger partial charge is 0.273 e. The second-order valence-electron chi connectivity index (χ2n) is 6.83. The van der Waals surface area contributed by atoms with Crippen molar-refractivity contribution >= 4 is 29.3 Å². The molecular formula is C22H19Cl2FN2O3. The maximum absolute atomic E-state index is 14.2. The molecule has 3 aromatic rings. The highest BCUT2D eigenvalue weighted by Crippen LogP contribution is 2.40. The highest BCUT2D eigenvalue weighted by molar-refractivity contribution is 6.35.